The molecule has 8 nitrogen and oxygen atoms in total. The van der Waals surface area contributed by atoms with E-state index < -0.39 is 5.91 Å². The minimum atomic E-state index is -0.460. The van der Waals surface area contributed by atoms with Gasteiger partial charge in [-0.05, 0) is 55.9 Å². The average molecular weight is 504 g/mol. The fourth-order valence-electron chi connectivity index (χ4n) is 3.65. The highest BCUT2D eigenvalue weighted by atomic mass is 79.9. The molecule has 3 aromatic rings. The van der Waals surface area contributed by atoms with Gasteiger partial charge in [0.15, 0.2) is 4.83 Å². The Balaban J connectivity index is 1.49. The lowest BCUT2D eigenvalue weighted by molar-refractivity contribution is -0.121. The van der Waals surface area contributed by atoms with Gasteiger partial charge in [0.25, 0.3) is 11.5 Å². The molecule has 1 aliphatic carbocycles. The average Bonchev–Trinajstić information content (AvgIpc) is 3.10. The van der Waals surface area contributed by atoms with Gasteiger partial charge in [-0.2, -0.15) is 5.10 Å². The number of thiophene rings is 1. The number of hydrogen-bond acceptors (Lipinski definition) is 7. The standard InChI is InChI=1S/C21H22BrN5O3S/c1-3-30-16-7-5-14(22)9-13(16)10-23-24-18(28)11-27-21(29)19-15-6-4-12(2)8-17(15)31-20(19)25-26-27/h5,7,9-10,12H,3-4,6,8,11H2,1-2H3,(H,24,28)/b23-10+. The maximum absolute atomic E-state index is 13.0. The largest absolute Gasteiger partial charge is 0.493 e. The van der Waals surface area contributed by atoms with Crippen molar-refractivity contribution in [2.24, 2.45) is 11.0 Å². The molecule has 0 aliphatic heterocycles. The first-order valence-corrected chi connectivity index (χ1v) is 11.7. The van der Waals surface area contributed by atoms with E-state index in [1.165, 1.54) is 22.4 Å². The highest BCUT2D eigenvalue weighted by molar-refractivity contribution is 9.10. The summed E-state index contributed by atoms with van der Waals surface area (Å²) in [6, 6.07) is 5.53. The van der Waals surface area contributed by atoms with Gasteiger partial charge in [0.05, 0.1) is 18.2 Å². The summed E-state index contributed by atoms with van der Waals surface area (Å²) < 4.78 is 7.53. The van der Waals surface area contributed by atoms with E-state index in [1.807, 2.05) is 25.1 Å². The first-order chi connectivity index (χ1) is 15.0. The molecule has 1 aromatic carbocycles. The van der Waals surface area contributed by atoms with Crippen LogP contribution in [0.5, 0.6) is 5.75 Å². The van der Waals surface area contributed by atoms with E-state index >= 15 is 0 Å². The highest BCUT2D eigenvalue weighted by Crippen LogP contribution is 2.35. The summed E-state index contributed by atoms with van der Waals surface area (Å²) in [6.45, 7) is 4.38. The van der Waals surface area contributed by atoms with Crippen molar-refractivity contribution in [1.29, 1.82) is 0 Å². The van der Waals surface area contributed by atoms with Crippen LogP contribution < -0.4 is 15.7 Å². The van der Waals surface area contributed by atoms with Crippen LogP contribution in [0.2, 0.25) is 0 Å². The molecule has 0 spiro atoms. The smallest absolute Gasteiger partial charge is 0.279 e. The van der Waals surface area contributed by atoms with Crippen LogP contribution in [-0.2, 0) is 24.2 Å². The summed E-state index contributed by atoms with van der Waals surface area (Å²) in [5, 5.41) is 12.7. The Hall–Kier alpha value is -2.59. The zero-order valence-corrected chi connectivity index (χ0v) is 19.6. The van der Waals surface area contributed by atoms with Crippen LogP contribution in [0.25, 0.3) is 10.2 Å². The van der Waals surface area contributed by atoms with E-state index in [0.29, 0.717) is 34.1 Å². The monoisotopic (exact) mass is 503 g/mol. The number of aryl methyl sites for hydroxylation is 1. The summed E-state index contributed by atoms with van der Waals surface area (Å²) in [5.41, 5.74) is 3.95. The Kier molecular flexibility index (Phi) is 6.47. The summed E-state index contributed by atoms with van der Waals surface area (Å²) in [7, 11) is 0. The lowest BCUT2D eigenvalue weighted by Gasteiger charge is -2.17. The fraction of sp³-hybridized carbons (Fsp3) is 0.381. The van der Waals surface area contributed by atoms with Crippen LogP contribution in [0.1, 0.15) is 36.3 Å². The molecule has 1 atom stereocenters. The molecule has 0 bridgehead atoms. The van der Waals surface area contributed by atoms with Gasteiger partial charge in [-0.15, -0.1) is 16.4 Å². The maximum atomic E-state index is 13.0. The van der Waals surface area contributed by atoms with E-state index in [0.717, 1.165) is 34.0 Å². The Morgan fingerprint density at radius 3 is 3.13 bits per heavy atom. The number of carbonyl (C=O) groups excluding carboxylic acids is 1. The number of amides is 1. The second-order valence-corrected chi connectivity index (χ2v) is 9.49. The molecule has 0 saturated carbocycles. The number of rotatable bonds is 6. The number of nitrogens with zero attached hydrogens (tertiary/aromatic N) is 4. The number of hydrogen-bond donors (Lipinski definition) is 1. The number of ether oxygens (including phenoxy) is 1. The van der Waals surface area contributed by atoms with Gasteiger partial charge in [-0.25, -0.2) is 10.1 Å². The van der Waals surface area contributed by atoms with Crippen LogP contribution in [0.15, 0.2) is 32.6 Å². The summed E-state index contributed by atoms with van der Waals surface area (Å²) >= 11 is 4.95. The number of hydrazone groups is 1. The summed E-state index contributed by atoms with van der Waals surface area (Å²) in [6.07, 6.45) is 4.38. The van der Waals surface area contributed by atoms with Gasteiger partial charge in [-0.3, -0.25) is 9.59 Å². The van der Waals surface area contributed by atoms with Crippen LogP contribution in [-0.4, -0.2) is 33.7 Å². The van der Waals surface area contributed by atoms with Crippen LogP contribution in [0, 0.1) is 5.92 Å². The second-order valence-electron chi connectivity index (χ2n) is 7.49. The first-order valence-electron chi connectivity index (χ1n) is 10.1. The van der Waals surface area contributed by atoms with Gasteiger partial charge in [-0.1, -0.05) is 28.1 Å². The van der Waals surface area contributed by atoms with E-state index in [2.05, 4.69) is 43.7 Å². The Labute approximate surface area is 191 Å². The Morgan fingerprint density at radius 2 is 2.32 bits per heavy atom. The highest BCUT2D eigenvalue weighted by Gasteiger charge is 2.24. The molecule has 2 aromatic heterocycles. The Morgan fingerprint density at radius 1 is 1.48 bits per heavy atom. The van der Waals surface area contributed by atoms with Crippen molar-refractivity contribution in [3.63, 3.8) is 0 Å². The van der Waals surface area contributed by atoms with E-state index in [4.69, 9.17) is 4.74 Å². The molecular formula is C21H22BrN5O3S. The number of fused-ring (bicyclic) bond motifs is 3. The van der Waals surface area contributed by atoms with Crippen LogP contribution >= 0.6 is 27.3 Å². The van der Waals surface area contributed by atoms with Crippen molar-refractivity contribution < 1.29 is 9.53 Å². The van der Waals surface area contributed by atoms with Crippen molar-refractivity contribution in [3.05, 3.63) is 49.0 Å². The Bertz CT molecular complexity index is 1220. The number of aromatic nitrogens is 3. The number of benzene rings is 1. The third-order valence-corrected chi connectivity index (χ3v) is 6.77. The molecule has 2 heterocycles. The van der Waals surface area contributed by atoms with Gasteiger partial charge >= 0.3 is 0 Å². The van der Waals surface area contributed by atoms with Crippen molar-refractivity contribution >= 4 is 49.6 Å². The van der Waals surface area contributed by atoms with E-state index in [1.54, 1.807) is 0 Å². The van der Waals surface area contributed by atoms with Crippen LogP contribution in [0.4, 0.5) is 0 Å². The minimum absolute atomic E-state index is 0.253. The van der Waals surface area contributed by atoms with Gasteiger partial charge in [0.2, 0.25) is 0 Å². The number of halogens is 1. The topological polar surface area (TPSA) is 98.5 Å². The lowest BCUT2D eigenvalue weighted by Crippen LogP contribution is -2.32. The maximum Gasteiger partial charge on any atom is 0.279 e. The predicted molar refractivity (Wildman–Crippen MR) is 124 cm³/mol. The summed E-state index contributed by atoms with van der Waals surface area (Å²) in [5.74, 6) is 0.804. The van der Waals surface area contributed by atoms with E-state index in [9.17, 15) is 9.59 Å². The van der Waals surface area contributed by atoms with Gasteiger partial charge in [0.1, 0.15) is 12.3 Å². The molecule has 1 amide bonds. The number of carbonyl (C=O) groups is 1. The van der Waals surface area contributed by atoms with E-state index in [-0.39, 0.29) is 12.1 Å². The normalized spacial score (nSPS) is 15.9. The van der Waals surface area contributed by atoms with Crippen molar-refractivity contribution in [2.45, 2.75) is 39.7 Å². The zero-order valence-electron chi connectivity index (χ0n) is 17.2. The zero-order chi connectivity index (χ0) is 22.0. The quantitative estimate of drug-likeness (QED) is 0.411. The molecule has 0 fully saturated rings. The molecule has 10 heteroatoms. The van der Waals surface area contributed by atoms with Crippen molar-refractivity contribution in [3.8, 4) is 5.75 Å². The third kappa shape index (κ3) is 4.69. The fourth-order valence-corrected chi connectivity index (χ4v) is 5.34. The van der Waals surface area contributed by atoms with Crippen molar-refractivity contribution in [1.82, 2.24) is 20.4 Å². The minimum Gasteiger partial charge on any atom is -0.493 e. The first kappa shape index (κ1) is 21.6. The number of nitrogens with one attached hydrogen (secondary N) is 1. The van der Waals surface area contributed by atoms with Crippen LogP contribution in [0.3, 0.4) is 0 Å². The van der Waals surface area contributed by atoms with Gasteiger partial charge in [0, 0.05) is 14.9 Å². The molecule has 4 rings (SSSR count). The van der Waals surface area contributed by atoms with Crippen molar-refractivity contribution in [2.75, 3.05) is 6.61 Å². The van der Waals surface area contributed by atoms with Gasteiger partial charge < -0.3 is 4.74 Å². The molecule has 1 N–H and O–H groups in total. The molecule has 31 heavy (non-hydrogen) atoms. The molecule has 0 radical (unpaired) electrons. The predicted octanol–water partition coefficient (Wildman–Crippen LogP) is 3.29. The molecule has 0 saturated heterocycles. The molecular weight excluding hydrogens is 482 g/mol. The molecule has 1 aliphatic rings. The molecule has 162 valence electrons. The second kappa shape index (κ2) is 9.27. The summed E-state index contributed by atoms with van der Waals surface area (Å²) in [4.78, 5) is 27.2. The third-order valence-electron chi connectivity index (χ3n) is 5.14. The lowest BCUT2D eigenvalue weighted by atomic mass is 9.89. The SMILES string of the molecule is CCOc1ccc(Br)cc1/C=N/NC(=O)Cn1nnc2sc3c(c2c1=O)CCC(C)C3. The molecule has 1 unspecified atom stereocenters.